The molecule has 1 spiro atoms. The predicted octanol–water partition coefficient (Wildman–Crippen LogP) is 4.67. The lowest BCUT2D eigenvalue weighted by molar-refractivity contribution is 0.175. The van der Waals surface area contributed by atoms with E-state index in [9.17, 15) is 5.11 Å². The van der Waals surface area contributed by atoms with Crippen molar-refractivity contribution in [2.24, 2.45) is 5.92 Å². The first-order valence-corrected chi connectivity index (χ1v) is 11.2. The van der Waals surface area contributed by atoms with Gasteiger partial charge in [0.25, 0.3) is 0 Å². The van der Waals surface area contributed by atoms with Gasteiger partial charge in [0.15, 0.2) is 0 Å². The molecule has 29 heavy (non-hydrogen) atoms. The topological polar surface area (TPSA) is 35.5 Å². The summed E-state index contributed by atoms with van der Waals surface area (Å²) in [6.07, 6.45) is 6.51. The van der Waals surface area contributed by atoms with Gasteiger partial charge in [0.05, 0.1) is 0 Å². The van der Waals surface area contributed by atoms with Crippen LogP contribution in [0.5, 0.6) is 0 Å². The van der Waals surface area contributed by atoms with Crippen molar-refractivity contribution in [2.75, 3.05) is 19.6 Å². The monoisotopic (exact) mass is 388 g/mol. The van der Waals surface area contributed by atoms with Gasteiger partial charge < -0.3 is 10.4 Å². The maximum Gasteiger partial charge on any atom is 0.115 e. The molecule has 0 radical (unpaired) electrons. The first-order valence-electron chi connectivity index (χ1n) is 11.2. The van der Waals surface area contributed by atoms with E-state index in [-0.39, 0.29) is 5.76 Å². The van der Waals surface area contributed by atoms with Crippen LogP contribution in [0.2, 0.25) is 0 Å². The number of aryl methyl sites for hydroxylation is 1. The largest absolute Gasteiger partial charge is 0.508 e. The maximum atomic E-state index is 9.46. The first kappa shape index (κ1) is 18.9. The smallest absolute Gasteiger partial charge is 0.115 e. The summed E-state index contributed by atoms with van der Waals surface area (Å²) in [4.78, 5) is 2.56. The number of likely N-dealkylation sites (tertiary alicyclic amines) is 1. The lowest BCUT2D eigenvalue weighted by atomic mass is 9.95. The number of hydrogen-bond donors (Lipinski definition) is 2. The fraction of sp³-hybridized carbons (Fsp3) is 0.462. The number of nitrogens with zero attached hydrogens (tertiary/aromatic N) is 1. The van der Waals surface area contributed by atoms with Gasteiger partial charge in [-0.15, -0.1) is 0 Å². The van der Waals surface area contributed by atoms with Gasteiger partial charge in [-0.1, -0.05) is 55.1 Å². The number of aliphatic hydroxyl groups excluding tert-OH is 1. The quantitative estimate of drug-likeness (QED) is 0.706. The van der Waals surface area contributed by atoms with Crippen LogP contribution >= 0.6 is 0 Å². The Morgan fingerprint density at radius 1 is 1.10 bits per heavy atom. The summed E-state index contributed by atoms with van der Waals surface area (Å²) in [6, 6.07) is 17.9. The van der Waals surface area contributed by atoms with E-state index in [2.05, 4.69) is 53.2 Å². The van der Waals surface area contributed by atoms with Crippen molar-refractivity contribution in [2.45, 2.75) is 50.1 Å². The third kappa shape index (κ3) is 3.74. The van der Waals surface area contributed by atoms with Crippen molar-refractivity contribution >= 4 is 5.76 Å². The zero-order valence-electron chi connectivity index (χ0n) is 17.2. The minimum absolute atomic E-state index is 0.142. The van der Waals surface area contributed by atoms with E-state index in [4.69, 9.17) is 0 Å². The molecule has 0 aromatic heterocycles. The van der Waals surface area contributed by atoms with Gasteiger partial charge in [-0.2, -0.15) is 0 Å². The van der Waals surface area contributed by atoms with E-state index in [1.165, 1.54) is 57.3 Å². The highest BCUT2D eigenvalue weighted by molar-refractivity contribution is 5.56. The normalized spacial score (nSPS) is 26.6. The van der Waals surface area contributed by atoms with Crippen molar-refractivity contribution in [3.63, 3.8) is 0 Å². The Kier molecular flexibility index (Phi) is 4.97. The Morgan fingerprint density at radius 3 is 2.62 bits per heavy atom. The second-order valence-electron chi connectivity index (χ2n) is 9.34. The maximum absolute atomic E-state index is 9.46. The van der Waals surface area contributed by atoms with E-state index in [1.54, 1.807) is 11.1 Å². The van der Waals surface area contributed by atoms with Crippen LogP contribution in [0.25, 0.3) is 5.76 Å². The molecule has 2 aromatic rings. The van der Waals surface area contributed by atoms with E-state index in [0.717, 1.165) is 18.0 Å². The fourth-order valence-corrected chi connectivity index (χ4v) is 5.58. The summed E-state index contributed by atoms with van der Waals surface area (Å²) >= 11 is 0. The lowest BCUT2D eigenvalue weighted by Gasteiger charge is -2.32. The fourth-order valence-electron chi connectivity index (χ4n) is 5.58. The average molecular weight is 389 g/mol. The predicted molar refractivity (Wildman–Crippen MR) is 119 cm³/mol. The van der Waals surface area contributed by atoms with E-state index < -0.39 is 0 Å². The van der Waals surface area contributed by atoms with Gasteiger partial charge in [-0.3, -0.25) is 4.90 Å². The third-order valence-corrected chi connectivity index (χ3v) is 7.52. The number of aliphatic hydroxyl groups is 1. The molecule has 2 fully saturated rings. The molecule has 2 aromatic carbocycles. The number of benzene rings is 2. The Bertz CT molecular complexity index is 882. The lowest BCUT2D eigenvalue weighted by Crippen LogP contribution is -2.38. The highest BCUT2D eigenvalue weighted by Gasteiger charge is 2.57. The van der Waals surface area contributed by atoms with Crippen molar-refractivity contribution in [3.05, 3.63) is 77.4 Å². The van der Waals surface area contributed by atoms with Crippen LogP contribution in [0.3, 0.4) is 0 Å². The molecular weight excluding hydrogens is 356 g/mol. The Labute approximate surface area is 174 Å². The molecule has 1 saturated carbocycles. The minimum Gasteiger partial charge on any atom is -0.508 e. The van der Waals surface area contributed by atoms with Crippen LogP contribution in [-0.4, -0.2) is 35.7 Å². The van der Waals surface area contributed by atoms with Crippen LogP contribution in [0, 0.1) is 5.92 Å². The molecule has 0 bridgehead atoms. The van der Waals surface area contributed by atoms with Crippen molar-refractivity contribution in [1.29, 1.82) is 0 Å². The molecule has 2 atom stereocenters. The molecule has 1 saturated heterocycles. The summed E-state index contributed by atoms with van der Waals surface area (Å²) in [5.74, 6) is 0.948. The molecule has 2 unspecified atom stereocenters. The Hall–Kier alpha value is -2.10. The van der Waals surface area contributed by atoms with Crippen molar-refractivity contribution in [1.82, 2.24) is 10.2 Å². The number of nitrogens with one attached hydrogen (secondary N) is 1. The van der Waals surface area contributed by atoms with E-state index in [1.807, 2.05) is 12.1 Å². The molecule has 3 heteroatoms. The summed E-state index contributed by atoms with van der Waals surface area (Å²) in [7, 11) is 0. The van der Waals surface area contributed by atoms with Crippen LogP contribution in [0.4, 0.5) is 0 Å². The first-order chi connectivity index (χ1) is 14.1. The number of piperidine rings is 1. The summed E-state index contributed by atoms with van der Waals surface area (Å²) in [6.45, 7) is 8.12. The standard InChI is InChI=1S/C26H32N2O/c1-19(29)22-8-6-21(7-9-22)18-28-14-11-20(12-15-28)17-27-25-16-26(25)13-10-23-4-2-3-5-24(23)26/h2-9,20,25,27,29H,1,10-18H2. The van der Waals surface area contributed by atoms with Gasteiger partial charge in [0, 0.05) is 23.6 Å². The van der Waals surface area contributed by atoms with Gasteiger partial charge >= 0.3 is 0 Å². The minimum atomic E-state index is 0.142. The van der Waals surface area contributed by atoms with Gasteiger partial charge in [-0.25, -0.2) is 0 Å². The second kappa shape index (κ2) is 7.62. The van der Waals surface area contributed by atoms with Gasteiger partial charge in [0.2, 0.25) is 0 Å². The Morgan fingerprint density at radius 2 is 1.86 bits per heavy atom. The summed E-state index contributed by atoms with van der Waals surface area (Å²) in [5, 5.41) is 13.4. The number of fused-ring (bicyclic) bond motifs is 2. The summed E-state index contributed by atoms with van der Waals surface area (Å²) in [5.41, 5.74) is 5.79. The van der Waals surface area contributed by atoms with Crippen molar-refractivity contribution in [3.8, 4) is 0 Å². The molecule has 1 heterocycles. The Balaban J connectivity index is 1.07. The molecular formula is C26H32N2O. The molecule has 2 N–H and O–H groups in total. The molecule has 5 rings (SSSR count). The van der Waals surface area contributed by atoms with Gasteiger partial charge in [0.1, 0.15) is 5.76 Å². The average Bonchev–Trinajstić information content (AvgIpc) is 3.33. The summed E-state index contributed by atoms with van der Waals surface area (Å²) < 4.78 is 0. The van der Waals surface area contributed by atoms with Crippen LogP contribution in [0.1, 0.15) is 47.9 Å². The molecule has 2 aliphatic carbocycles. The molecule has 0 amide bonds. The van der Waals surface area contributed by atoms with E-state index in [0.29, 0.717) is 11.5 Å². The number of rotatable bonds is 6. The zero-order chi connectivity index (χ0) is 19.8. The highest BCUT2D eigenvalue weighted by Crippen LogP contribution is 2.56. The SMILES string of the molecule is C=C(O)c1ccc(CN2CCC(CNC3CC34CCc3ccccc34)CC2)cc1. The molecule has 1 aliphatic heterocycles. The van der Waals surface area contributed by atoms with E-state index >= 15 is 0 Å². The molecule has 152 valence electrons. The number of hydrogen-bond acceptors (Lipinski definition) is 3. The molecule has 3 aliphatic rings. The second-order valence-corrected chi connectivity index (χ2v) is 9.34. The highest BCUT2D eigenvalue weighted by atomic mass is 16.3. The van der Waals surface area contributed by atoms with Crippen molar-refractivity contribution < 1.29 is 5.11 Å². The van der Waals surface area contributed by atoms with Gasteiger partial charge in [-0.05, 0) is 74.3 Å². The van der Waals surface area contributed by atoms with Crippen LogP contribution in [-0.2, 0) is 18.4 Å². The molecule has 3 nitrogen and oxygen atoms in total. The third-order valence-electron chi connectivity index (χ3n) is 7.52. The zero-order valence-corrected chi connectivity index (χ0v) is 17.2. The van der Waals surface area contributed by atoms with Crippen LogP contribution < -0.4 is 5.32 Å². The van der Waals surface area contributed by atoms with Crippen LogP contribution in [0.15, 0.2) is 55.1 Å².